The lowest BCUT2D eigenvalue weighted by Gasteiger charge is -2.03. The Hall–Kier alpha value is -1.86. The zero-order valence-corrected chi connectivity index (χ0v) is 13.9. The van der Waals surface area contributed by atoms with Gasteiger partial charge >= 0.3 is 0 Å². The molecule has 0 bridgehead atoms. The number of amides is 1. The first kappa shape index (κ1) is 16.5. The van der Waals surface area contributed by atoms with Gasteiger partial charge in [0.25, 0.3) is 0 Å². The Bertz CT molecular complexity index is 653. The van der Waals surface area contributed by atoms with Crippen LogP contribution < -0.4 is 10.1 Å². The van der Waals surface area contributed by atoms with Crippen molar-refractivity contribution in [2.75, 3.05) is 17.7 Å². The lowest BCUT2D eigenvalue weighted by atomic mass is 10.2. The van der Waals surface area contributed by atoms with Gasteiger partial charge in [0.1, 0.15) is 5.75 Å². The fourth-order valence-electron chi connectivity index (χ4n) is 1.67. The number of nitrogens with one attached hydrogen (secondary N) is 1. The predicted octanol–water partition coefficient (Wildman–Crippen LogP) is 3.43. The van der Waals surface area contributed by atoms with E-state index in [0.717, 1.165) is 28.8 Å². The van der Waals surface area contributed by atoms with E-state index in [1.807, 2.05) is 36.6 Å². The summed E-state index contributed by atoms with van der Waals surface area (Å²) in [6.45, 7) is 4.00. The van der Waals surface area contributed by atoms with Gasteiger partial charge in [0.05, 0.1) is 18.1 Å². The molecule has 22 heavy (non-hydrogen) atoms. The highest BCUT2D eigenvalue weighted by molar-refractivity contribution is 8.14. The molecular weight excluding hydrogens is 320 g/mol. The molecule has 0 radical (unpaired) electrons. The molecule has 1 amide bonds. The molecule has 1 aromatic carbocycles. The highest BCUT2D eigenvalue weighted by Gasteiger charge is 2.09. The Kier molecular flexibility index (Phi) is 5.97. The molecule has 1 heterocycles. The van der Waals surface area contributed by atoms with E-state index >= 15 is 0 Å². The molecule has 2 aromatic rings. The van der Waals surface area contributed by atoms with E-state index in [1.54, 1.807) is 0 Å². The molecular formula is C15H16N2O3S2. The molecule has 116 valence electrons. The fraction of sp³-hybridized carbons (Fsp3) is 0.267. The summed E-state index contributed by atoms with van der Waals surface area (Å²) in [5.41, 5.74) is 1.75. The van der Waals surface area contributed by atoms with Crippen LogP contribution in [0.5, 0.6) is 5.75 Å². The molecule has 1 aromatic heterocycles. The Labute approximate surface area is 137 Å². The largest absolute Gasteiger partial charge is 0.494 e. The average molecular weight is 336 g/mol. The smallest absolute Gasteiger partial charge is 0.236 e. The second-order valence-corrected chi connectivity index (χ2v) is 6.33. The maximum Gasteiger partial charge on any atom is 0.236 e. The van der Waals surface area contributed by atoms with Gasteiger partial charge in [-0.25, -0.2) is 4.98 Å². The van der Waals surface area contributed by atoms with Crippen LogP contribution in [0.3, 0.4) is 0 Å². The monoisotopic (exact) mass is 336 g/mol. The number of carbonyl (C=O) groups excluding carboxylic acids is 2. The summed E-state index contributed by atoms with van der Waals surface area (Å²) in [4.78, 5) is 26.8. The standard InChI is InChI=1S/C15H16N2O3S2/c1-3-20-12-6-4-11(5-7-12)13-8-22-15(16-13)17-14(19)9-21-10(2)18/h4-8H,3,9H2,1-2H3,(H,16,17,19). The van der Waals surface area contributed by atoms with Crippen molar-refractivity contribution in [3.05, 3.63) is 29.6 Å². The molecule has 2 rings (SSSR count). The molecule has 5 nitrogen and oxygen atoms in total. The van der Waals surface area contributed by atoms with Crippen molar-refractivity contribution in [1.82, 2.24) is 4.98 Å². The van der Waals surface area contributed by atoms with Crippen molar-refractivity contribution < 1.29 is 14.3 Å². The van der Waals surface area contributed by atoms with Crippen LogP contribution in [0.1, 0.15) is 13.8 Å². The number of thiazole rings is 1. The number of carbonyl (C=O) groups is 2. The number of thioether (sulfide) groups is 1. The summed E-state index contributed by atoms with van der Waals surface area (Å²) in [5.74, 6) is 0.692. The molecule has 0 aliphatic heterocycles. The Morgan fingerprint density at radius 3 is 2.68 bits per heavy atom. The summed E-state index contributed by atoms with van der Waals surface area (Å²) in [5, 5.41) is 5.01. The van der Waals surface area contributed by atoms with E-state index in [-0.39, 0.29) is 16.8 Å². The van der Waals surface area contributed by atoms with E-state index in [2.05, 4.69) is 10.3 Å². The number of aromatic nitrogens is 1. The number of hydrogen-bond acceptors (Lipinski definition) is 6. The number of rotatable bonds is 6. The number of anilines is 1. The maximum absolute atomic E-state index is 11.6. The Morgan fingerprint density at radius 1 is 1.32 bits per heavy atom. The summed E-state index contributed by atoms with van der Waals surface area (Å²) in [6, 6.07) is 7.63. The zero-order valence-electron chi connectivity index (χ0n) is 12.3. The summed E-state index contributed by atoms with van der Waals surface area (Å²) < 4.78 is 5.40. The lowest BCUT2D eigenvalue weighted by molar-refractivity contribution is -0.114. The molecule has 1 N–H and O–H groups in total. The van der Waals surface area contributed by atoms with Crippen molar-refractivity contribution in [3.8, 4) is 17.0 Å². The molecule has 7 heteroatoms. The predicted molar refractivity (Wildman–Crippen MR) is 90.5 cm³/mol. The first-order chi connectivity index (χ1) is 10.6. The first-order valence-electron chi connectivity index (χ1n) is 6.70. The molecule has 0 aliphatic carbocycles. The van der Waals surface area contributed by atoms with E-state index in [4.69, 9.17) is 4.74 Å². The van der Waals surface area contributed by atoms with Crippen molar-refractivity contribution in [3.63, 3.8) is 0 Å². The van der Waals surface area contributed by atoms with Crippen LogP contribution in [0.25, 0.3) is 11.3 Å². The van der Waals surface area contributed by atoms with Crippen molar-refractivity contribution in [1.29, 1.82) is 0 Å². The van der Waals surface area contributed by atoms with Crippen LogP contribution in [0.2, 0.25) is 0 Å². The molecule has 0 aliphatic rings. The van der Waals surface area contributed by atoms with Gasteiger partial charge in [-0.1, -0.05) is 11.8 Å². The van der Waals surface area contributed by atoms with Crippen LogP contribution in [0, 0.1) is 0 Å². The van der Waals surface area contributed by atoms with Gasteiger partial charge in [-0.15, -0.1) is 11.3 Å². The van der Waals surface area contributed by atoms with Crippen molar-refractivity contribution >= 4 is 39.3 Å². The van der Waals surface area contributed by atoms with Crippen molar-refractivity contribution in [2.24, 2.45) is 0 Å². The third-order valence-corrected chi connectivity index (χ3v) is 4.19. The van der Waals surface area contributed by atoms with Crippen LogP contribution in [-0.2, 0) is 9.59 Å². The second-order valence-electron chi connectivity index (χ2n) is 4.32. The van der Waals surface area contributed by atoms with Gasteiger partial charge in [0, 0.05) is 17.9 Å². The SMILES string of the molecule is CCOc1ccc(-c2csc(NC(=O)CSC(C)=O)n2)cc1. The minimum atomic E-state index is -0.229. The summed E-state index contributed by atoms with van der Waals surface area (Å²) in [7, 11) is 0. The minimum Gasteiger partial charge on any atom is -0.494 e. The van der Waals surface area contributed by atoms with Crippen LogP contribution in [-0.4, -0.2) is 28.4 Å². The third kappa shape index (κ3) is 4.85. The lowest BCUT2D eigenvalue weighted by Crippen LogP contribution is -2.14. The average Bonchev–Trinajstić information content (AvgIpc) is 2.95. The molecule has 0 saturated carbocycles. The van der Waals surface area contributed by atoms with Crippen molar-refractivity contribution in [2.45, 2.75) is 13.8 Å². The van der Waals surface area contributed by atoms with Crippen LogP contribution in [0.4, 0.5) is 5.13 Å². The van der Waals surface area contributed by atoms with Crippen LogP contribution >= 0.6 is 23.1 Å². The van der Waals surface area contributed by atoms with E-state index in [0.29, 0.717) is 11.7 Å². The second kappa shape index (κ2) is 7.95. The topological polar surface area (TPSA) is 68.3 Å². The summed E-state index contributed by atoms with van der Waals surface area (Å²) >= 11 is 2.33. The minimum absolute atomic E-state index is 0.0793. The first-order valence-corrected chi connectivity index (χ1v) is 8.57. The van der Waals surface area contributed by atoms with Gasteiger partial charge in [-0.2, -0.15) is 0 Å². The number of benzene rings is 1. The number of hydrogen-bond donors (Lipinski definition) is 1. The molecule has 0 fully saturated rings. The normalized spacial score (nSPS) is 10.3. The maximum atomic E-state index is 11.6. The molecule has 0 saturated heterocycles. The third-order valence-electron chi connectivity index (χ3n) is 2.62. The van der Waals surface area contributed by atoms with Gasteiger partial charge < -0.3 is 10.1 Å². The Balaban J connectivity index is 1.98. The van der Waals surface area contributed by atoms with Gasteiger partial charge in [0.15, 0.2) is 10.2 Å². The quantitative estimate of drug-likeness (QED) is 0.875. The Morgan fingerprint density at radius 2 is 2.05 bits per heavy atom. The molecule has 0 spiro atoms. The number of nitrogens with zero attached hydrogens (tertiary/aromatic N) is 1. The van der Waals surface area contributed by atoms with E-state index in [9.17, 15) is 9.59 Å². The van der Waals surface area contributed by atoms with Gasteiger partial charge in [-0.05, 0) is 31.2 Å². The molecule has 0 unspecified atom stereocenters. The summed E-state index contributed by atoms with van der Waals surface area (Å²) in [6.07, 6.45) is 0. The highest BCUT2D eigenvalue weighted by Crippen LogP contribution is 2.26. The van der Waals surface area contributed by atoms with Gasteiger partial charge in [-0.3, -0.25) is 9.59 Å². The molecule has 0 atom stereocenters. The fourth-order valence-corrected chi connectivity index (χ4v) is 2.82. The highest BCUT2D eigenvalue weighted by atomic mass is 32.2. The van der Waals surface area contributed by atoms with Gasteiger partial charge in [0.2, 0.25) is 5.91 Å². The van der Waals surface area contributed by atoms with E-state index in [1.165, 1.54) is 18.3 Å². The van der Waals surface area contributed by atoms with Crippen LogP contribution in [0.15, 0.2) is 29.6 Å². The van der Waals surface area contributed by atoms with E-state index < -0.39 is 0 Å². The zero-order chi connectivity index (χ0) is 15.9. The number of ether oxygens (including phenoxy) is 1.